The van der Waals surface area contributed by atoms with Crippen molar-refractivity contribution < 1.29 is 0 Å². The lowest BCUT2D eigenvalue weighted by molar-refractivity contribution is 0.258. The van der Waals surface area contributed by atoms with Gasteiger partial charge in [0.05, 0.1) is 12.0 Å². The van der Waals surface area contributed by atoms with Crippen LogP contribution in [0.4, 0.5) is 0 Å². The van der Waals surface area contributed by atoms with Crippen molar-refractivity contribution in [2.45, 2.75) is 64.7 Å². The number of imidazole rings is 1. The fourth-order valence-corrected chi connectivity index (χ4v) is 2.70. The highest BCUT2D eigenvalue weighted by molar-refractivity contribution is 5.07. The van der Waals surface area contributed by atoms with Gasteiger partial charge in [0.1, 0.15) is 0 Å². The Morgan fingerprint density at radius 1 is 1.47 bits per heavy atom. The molecule has 108 valence electrons. The summed E-state index contributed by atoms with van der Waals surface area (Å²) in [6, 6.07) is 1.70. The van der Waals surface area contributed by atoms with E-state index in [9.17, 15) is 0 Å². The van der Waals surface area contributed by atoms with Crippen LogP contribution in [-0.2, 0) is 6.54 Å². The smallest absolute Gasteiger partial charge is 0.0949 e. The number of hydrogen-bond donors (Lipinski definition) is 1. The molecule has 1 fully saturated rings. The highest BCUT2D eigenvalue weighted by Crippen LogP contribution is 2.25. The molecule has 0 bridgehead atoms. The van der Waals surface area contributed by atoms with Crippen LogP contribution in [0.1, 0.15) is 51.8 Å². The number of nitrogens with zero attached hydrogens (tertiary/aromatic N) is 3. The van der Waals surface area contributed by atoms with Gasteiger partial charge in [-0.2, -0.15) is 0 Å². The van der Waals surface area contributed by atoms with E-state index in [1.165, 1.54) is 25.0 Å². The van der Waals surface area contributed by atoms with Crippen LogP contribution in [0.25, 0.3) is 0 Å². The summed E-state index contributed by atoms with van der Waals surface area (Å²) in [5, 5.41) is 3.70. The van der Waals surface area contributed by atoms with Crippen LogP contribution >= 0.6 is 0 Å². The van der Waals surface area contributed by atoms with Gasteiger partial charge >= 0.3 is 0 Å². The predicted octanol–water partition coefficient (Wildman–Crippen LogP) is 2.43. The number of rotatable bonds is 5. The second-order valence-electron chi connectivity index (χ2n) is 6.14. The van der Waals surface area contributed by atoms with E-state index >= 15 is 0 Å². The maximum Gasteiger partial charge on any atom is 0.0949 e. The van der Waals surface area contributed by atoms with Gasteiger partial charge in [-0.3, -0.25) is 0 Å². The first-order valence-electron chi connectivity index (χ1n) is 7.54. The van der Waals surface area contributed by atoms with E-state index in [1.807, 2.05) is 12.5 Å². The van der Waals surface area contributed by atoms with Gasteiger partial charge in [0, 0.05) is 37.4 Å². The Kier molecular flexibility index (Phi) is 4.99. The molecule has 0 radical (unpaired) electrons. The van der Waals surface area contributed by atoms with E-state index in [1.54, 1.807) is 0 Å². The molecule has 2 atom stereocenters. The molecule has 19 heavy (non-hydrogen) atoms. The minimum atomic E-state index is 0.482. The first-order valence-corrected chi connectivity index (χ1v) is 7.54. The summed E-state index contributed by atoms with van der Waals surface area (Å²) < 4.78 is 2.31. The van der Waals surface area contributed by atoms with E-state index in [0.29, 0.717) is 18.1 Å². The van der Waals surface area contributed by atoms with Crippen molar-refractivity contribution in [2.24, 2.45) is 0 Å². The molecular weight excluding hydrogens is 236 g/mol. The van der Waals surface area contributed by atoms with Gasteiger partial charge in [0.15, 0.2) is 0 Å². The molecule has 1 aromatic rings. The normalized spacial score (nSPS) is 24.3. The molecule has 0 aromatic carbocycles. The van der Waals surface area contributed by atoms with Crippen LogP contribution in [0.2, 0.25) is 0 Å². The van der Waals surface area contributed by atoms with Gasteiger partial charge in [-0.05, 0) is 47.1 Å². The molecule has 0 spiro atoms. The average Bonchev–Trinajstić information content (AvgIpc) is 2.84. The van der Waals surface area contributed by atoms with Gasteiger partial charge in [0.2, 0.25) is 0 Å². The van der Waals surface area contributed by atoms with Crippen LogP contribution in [0.3, 0.4) is 0 Å². The van der Waals surface area contributed by atoms with E-state index in [4.69, 9.17) is 0 Å². The van der Waals surface area contributed by atoms with Crippen LogP contribution in [-0.4, -0.2) is 40.1 Å². The summed E-state index contributed by atoms with van der Waals surface area (Å²) in [7, 11) is 2.18. The van der Waals surface area contributed by atoms with Gasteiger partial charge in [-0.15, -0.1) is 0 Å². The molecule has 1 aliphatic rings. The third-order valence-electron chi connectivity index (χ3n) is 4.29. The summed E-state index contributed by atoms with van der Waals surface area (Å²) in [6.45, 7) is 8.84. The zero-order chi connectivity index (χ0) is 13.8. The lowest BCUT2D eigenvalue weighted by Gasteiger charge is -2.30. The second-order valence-corrected chi connectivity index (χ2v) is 6.14. The third-order valence-corrected chi connectivity index (χ3v) is 4.29. The van der Waals surface area contributed by atoms with Crippen LogP contribution in [0, 0.1) is 0 Å². The van der Waals surface area contributed by atoms with E-state index in [2.05, 4.69) is 47.6 Å². The van der Waals surface area contributed by atoms with Gasteiger partial charge in [-0.25, -0.2) is 4.98 Å². The van der Waals surface area contributed by atoms with Gasteiger partial charge < -0.3 is 14.8 Å². The summed E-state index contributed by atoms with van der Waals surface area (Å²) >= 11 is 0. The summed E-state index contributed by atoms with van der Waals surface area (Å²) in [5.41, 5.74) is 1.35. The fourth-order valence-electron chi connectivity index (χ4n) is 2.70. The van der Waals surface area contributed by atoms with Crippen molar-refractivity contribution in [3.63, 3.8) is 0 Å². The van der Waals surface area contributed by atoms with E-state index < -0.39 is 0 Å². The lowest BCUT2D eigenvalue weighted by Crippen LogP contribution is -2.36. The molecule has 4 heteroatoms. The molecule has 0 saturated carbocycles. The molecule has 1 aromatic heterocycles. The number of nitrogens with one attached hydrogen (secondary N) is 1. The Morgan fingerprint density at radius 3 is 2.95 bits per heavy atom. The molecule has 1 aliphatic heterocycles. The summed E-state index contributed by atoms with van der Waals surface area (Å²) in [5.74, 6) is 0. The quantitative estimate of drug-likeness (QED) is 0.886. The molecule has 1 N–H and O–H groups in total. The summed E-state index contributed by atoms with van der Waals surface area (Å²) in [4.78, 5) is 6.73. The Labute approximate surface area is 117 Å². The Balaban J connectivity index is 1.97. The maximum absolute atomic E-state index is 4.35. The first kappa shape index (κ1) is 14.5. The highest BCUT2D eigenvalue weighted by Gasteiger charge is 2.22. The van der Waals surface area contributed by atoms with Crippen molar-refractivity contribution in [3.8, 4) is 0 Å². The van der Waals surface area contributed by atoms with E-state index in [0.717, 1.165) is 13.1 Å². The van der Waals surface area contributed by atoms with Crippen molar-refractivity contribution in [3.05, 3.63) is 18.2 Å². The van der Waals surface area contributed by atoms with Gasteiger partial charge in [0.25, 0.3) is 0 Å². The van der Waals surface area contributed by atoms with Crippen molar-refractivity contribution in [1.29, 1.82) is 0 Å². The lowest BCUT2D eigenvalue weighted by atomic mass is 9.97. The molecular formula is C15H28N4. The zero-order valence-electron chi connectivity index (χ0n) is 12.8. The Morgan fingerprint density at radius 2 is 2.26 bits per heavy atom. The molecule has 2 rings (SSSR count). The number of likely N-dealkylation sites (N-methyl/N-ethyl adjacent to an activating group) is 1. The SMILES string of the molecule is CC1CCCC(c2cncn2CCN(C)C(C)C)N1. The molecule has 2 unspecified atom stereocenters. The molecule has 0 aliphatic carbocycles. The molecule has 0 amide bonds. The summed E-state index contributed by atoms with van der Waals surface area (Å²) in [6.07, 6.45) is 7.85. The monoisotopic (exact) mass is 264 g/mol. The minimum absolute atomic E-state index is 0.482. The van der Waals surface area contributed by atoms with Crippen molar-refractivity contribution in [2.75, 3.05) is 13.6 Å². The van der Waals surface area contributed by atoms with Crippen LogP contribution in [0.5, 0.6) is 0 Å². The number of hydrogen-bond acceptors (Lipinski definition) is 3. The van der Waals surface area contributed by atoms with E-state index in [-0.39, 0.29) is 0 Å². The number of piperidine rings is 1. The van der Waals surface area contributed by atoms with Crippen LogP contribution < -0.4 is 5.32 Å². The molecule has 1 saturated heterocycles. The molecule has 2 heterocycles. The zero-order valence-corrected chi connectivity index (χ0v) is 12.8. The molecule has 4 nitrogen and oxygen atoms in total. The maximum atomic E-state index is 4.35. The van der Waals surface area contributed by atoms with Crippen molar-refractivity contribution in [1.82, 2.24) is 19.8 Å². The fraction of sp³-hybridized carbons (Fsp3) is 0.800. The Bertz CT molecular complexity index is 385. The highest BCUT2D eigenvalue weighted by atomic mass is 15.2. The largest absolute Gasteiger partial charge is 0.332 e. The second kappa shape index (κ2) is 6.53. The standard InChI is InChI=1S/C15H28N4/c1-12(2)18(4)8-9-19-11-16-10-15(19)14-7-5-6-13(3)17-14/h10-14,17H,5-9H2,1-4H3. The first-order chi connectivity index (χ1) is 9.08. The third kappa shape index (κ3) is 3.80. The number of aromatic nitrogens is 2. The topological polar surface area (TPSA) is 33.1 Å². The van der Waals surface area contributed by atoms with Gasteiger partial charge in [-0.1, -0.05) is 0 Å². The van der Waals surface area contributed by atoms with Crippen molar-refractivity contribution >= 4 is 0 Å². The minimum Gasteiger partial charge on any atom is -0.332 e. The average molecular weight is 264 g/mol. The van der Waals surface area contributed by atoms with Crippen LogP contribution in [0.15, 0.2) is 12.5 Å². The Hall–Kier alpha value is -0.870. The predicted molar refractivity (Wildman–Crippen MR) is 79.2 cm³/mol.